The molecule has 0 radical (unpaired) electrons. The minimum atomic E-state index is -2.67. The second-order valence-electron chi connectivity index (χ2n) is 18.1. The predicted molar refractivity (Wildman–Crippen MR) is 234 cm³/mol. The number of rotatable bonds is 7. The molecule has 7 atom stereocenters. The van der Waals surface area contributed by atoms with Gasteiger partial charge in [0.25, 0.3) is 5.91 Å². The fourth-order valence-electron chi connectivity index (χ4n) is 11.1. The number of benzene rings is 2. The lowest BCUT2D eigenvalue weighted by molar-refractivity contribution is -0.154. The van der Waals surface area contributed by atoms with Crippen LogP contribution in [0.2, 0.25) is 0 Å². The largest absolute Gasteiger partial charge is 0.508 e. The number of carbonyl (C=O) groups is 6. The molecule has 6 aliphatic carbocycles. The lowest BCUT2D eigenvalue weighted by atomic mass is 9.57. The highest BCUT2D eigenvalue weighted by molar-refractivity contribution is 6.26. The number of unbranched alkanes of at least 4 members (excludes halogenated alkanes) is 3. The van der Waals surface area contributed by atoms with Crippen LogP contribution in [0, 0.1) is 47.4 Å². The van der Waals surface area contributed by atoms with Crippen molar-refractivity contribution < 1.29 is 69.6 Å². The van der Waals surface area contributed by atoms with Crippen LogP contribution in [0.15, 0.2) is 58.1 Å². The van der Waals surface area contributed by atoms with Gasteiger partial charge in [0.05, 0.1) is 17.2 Å². The number of aromatic hydroxyl groups is 2. The summed E-state index contributed by atoms with van der Waals surface area (Å²) in [5.41, 5.74) is -0.172. The summed E-state index contributed by atoms with van der Waals surface area (Å²) in [5.74, 6) is -0.892. The summed E-state index contributed by atoms with van der Waals surface area (Å²) in [6.45, 7) is 1.49. The van der Waals surface area contributed by atoms with Crippen LogP contribution >= 0.6 is 0 Å². The van der Waals surface area contributed by atoms with Crippen LogP contribution in [0.4, 0.5) is 0 Å². The normalized spacial score (nSPS) is 27.8. The highest BCUT2D eigenvalue weighted by Crippen LogP contribution is 2.54. The maximum Gasteiger partial charge on any atom is 0.255 e. The number of aliphatic hydroxyl groups is 6. The van der Waals surface area contributed by atoms with E-state index in [0.29, 0.717) is 47.9 Å². The fraction of sp³-hybridized carbons (Fsp3) is 0.400. The monoisotopic (exact) mass is 900 g/mol. The van der Waals surface area contributed by atoms with Crippen LogP contribution in [0.1, 0.15) is 91.7 Å². The van der Waals surface area contributed by atoms with Crippen molar-refractivity contribution >= 4 is 46.3 Å². The number of nitrogens with zero attached hydrogens (tertiary/aromatic N) is 1. The van der Waals surface area contributed by atoms with E-state index < -0.39 is 116 Å². The van der Waals surface area contributed by atoms with Crippen molar-refractivity contribution in [3.8, 4) is 35.2 Å². The second kappa shape index (κ2) is 16.5. The van der Waals surface area contributed by atoms with Crippen molar-refractivity contribution in [3.05, 3.63) is 91.5 Å². The minimum absolute atomic E-state index is 0.00407. The van der Waals surface area contributed by atoms with Crippen LogP contribution in [-0.2, 0) is 41.6 Å². The van der Waals surface area contributed by atoms with Gasteiger partial charge in [-0.2, -0.15) is 0 Å². The van der Waals surface area contributed by atoms with Gasteiger partial charge in [-0.3, -0.25) is 33.7 Å². The number of likely N-dealkylation sites (N-methyl/N-ethyl adjacent to an activating group) is 1. The molecule has 1 amide bonds. The zero-order valence-corrected chi connectivity index (χ0v) is 36.3. The average molecular weight is 901 g/mol. The van der Waals surface area contributed by atoms with E-state index in [4.69, 9.17) is 5.73 Å². The molecule has 16 heteroatoms. The average Bonchev–Trinajstić information content (AvgIpc) is 3.25. The first kappa shape index (κ1) is 45.6. The first-order valence-corrected chi connectivity index (χ1v) is 21.7. The summed E-state index contributed by atoms with van der Waals surface area (Å²) in [6, 6.07) is 4.71. The van der Waals surface area contributed by atoms with E-state index in [-0.39, 0.29) is 65.9 Å². The van der Waals surface area contributed by atoms with Gasteiger partial charge in [-0.15, -0.1) is 0 Å². The smallest absolute Gasteiger partial charge is 0.255 e. The number of phenols is 2. The summed E-state index contributed by atoms with van der Waals surface area (Å²) in [4.78, 5) is 80.6. The maximum absolute atomic E-state index is 14.2. The van der Waals surface area contributed by atoms with Crippen LogP contribution < -0.4 is 5.73 Å². The van der Waals surface area contributed by atoms with Crippen molar-refractivity contribution in [2.75, 3.05) is 14.1 Å². The van der Waals surface area contributed by atoms with E-state index in [1.807, 2.05) is 0 Å². The number of carbonyl (C=O) groups excluding carboxylic acids is 6. The molecule has 2 aromatic carbocycles. The number of ketones is 5. The quantitative estimate of drug-likeness (QED) is 0.110. The van der Waals surface area contributed by atoms with E-state index in [9.17, 15) is 69.6 Å². The summed E-state index contributed by atoms with van der Waals surface area (Å²) >= 11 is 0. The number of amides is 1. The zero-order chi connectivity index (χ0) is 47.9. The molecule has 0 spiro atoms. The Balaban J connectivity index is 0.979. The van der Waals surface area contributed by atoms with Gasteiger partial charge in [-0.25, -0.2) is 0 Å². The number of hydrogen-bond acceptors (Lipinski definition) is 15. The zero-order valence-electron chi connectivity index (χ0n) is 36.3. The Bertz CT molecular complexity index is 2880. The molecule has 0 unspecified atom stereocenters. The summed E-state index contributed by atoms with van der Waals surface area (Å²) in [5, 5.41) is 90.2. The molecule has 0 bridgehead atoms. The molecule has 16 nitrogen and oxygen atoms in total. The molecule has 0 aromatic heterocycles. The van der Waals surface area contributed by atoms with Crippen LogP contribution in [0.5, 0.6) is 11.5 Å². The Hall–Kier alpha value is -6.98. The third kappa shape index (κ3) is 6.65. The lowest BCUT2D eigenvalue weighted by Crippen LogP contribution is -2.65. The fourth-order valence-corrected chi connectivity index (χ4v) is 11.1. The van der Waals surface area contributed by atoms with Crippen LogP contribution in [0.3, 0.4) is 0 Å². The maximum atomic E-state index is 14.2. The SMILES string of the molecule is CCC(=O)C1=C(O)[C@@]2(O)C(=O)C3=C(O)c4c(O)ccc(C#CCCCCC#Cc5ccc(O)c6c5C[C@H]5C[C@H]7CC(=O)C(C(N)=O)=C(O)[C@@]7(O)C(=O)C5=C6O)c4C[C@H]3C[C@H]2[C@H](N(C)C)C1=O. The number of phenolic OH excluding ortho intramolecular Hbond substituents is 2. The van der Waals surface area contributed by atoms with Gasteiger partial charge in [0.15, 0.2) is 28.6 Å². The van der Waals surface area contributed by atoms with Gasteiger partial charge in [0, 0.05) is 59.8 Å². The van der Waals surface area contributed by atoms with Gasteiger partial charge in [-0.05, 0) is 99.8 Å². The molecular formula is C50H48N2O14. The summed E-state index contributed by atoms with van der Waals surface area (Å²) in [7, 11) is 3.15. The number of hydrogen-bond donors (Lipinski definition) is 9. The molecule has 66 heavy (non-hydrogen) atoms. The standard InChI is InChI=1S/C50H48N2O14/c1-4-30(53)38-43(59)40(52(2)3)29-20-25-19-28-23(14-16-32(55)37(28)42(58)35(25)45(61)50(29,66)46(38)62)12-10-8-6-5-7-9-11-22-13-15-31(54)36-27(22)18-24-17-26-21-33(56)39(48(51)64)47(63)49(26,65)44(60)34(24)41(36)57/h13-16,24-26,29,40,54-55,57-58,62-63,65-66H,4-8,17-21H2,1-3H3,(H2,51,64)/t24-,25+,26+,29+,40+,49+,50+/m1/s1. The molecule has 10 N–H and O–H groups in total. The van der Waals surface area contributed by atoms with Crippen LogP contribution in [-0.4, -0.2) is 112 Å². The Morgan fingerprint density at radius 1 is 0.712 bits per heavy atom. The van der Waals surface area contributed by atoms with Crippen molar-refractivity contribution in [1.29, 1.82) is 0 Å². The molecule has 342 valence electrons. The molecule has 2 fully saturated rings. The number of Topliss-reactive ketones (excluding diaryl/α,β-unsaturated/α-hetero) is 5. The highest BCUT2D eigenvalue weighted by atomic mass is 16.4. The van der Waals surface area contributed by atoms with E-state index >= 15 is 0 Å². The number of fused-ring (bicyclic) bond motifs is 6. The van der Waals surface area contributed by atoms with Gasteiger partial charge >= 0.3 is 0 Å². The van der Waals surface area contributed by atoms with Crippen molar-refractivity contribution in [1.82, 2.24) is 4.90 Å². The Labute approximate surface area is 378 Å². The molecule has 0 saturated heterocycles. The van der Waals surface area contributed by atoms with Gasteiger partial charge < -0.3 is 46.6 Å². The lowest BCUT2D eigenvalue weighted by Gasteiger charge is -2.50. The van der Waals surface area contributed by atoms with E-state index in [2.05, 4.69) is 23.7 Å². The molecular weight excluding hydrogens is 853 g/mol. The Morgan fingerprint density at radius 2 is 1.20 bits per heavy atom. The predicted octanol–water partition coefficient (Wildman–Crippen LogP) is 3.16. The van der Waals surface area contributed by atoms with E-state index in [0.717, 1.165) is 0 Å². The number of nitrogens with two attached hydrogens (primary N) is 1. The molecule has 6 aliphatic rings. The second-order valence-corrected chi connectivity index (χ2v) is 18.1. The summed E-state index contributed by atoms with van der Waals surface area (Å²) in [6.07, 6.45) is 1.77. The molecule has 2 aromatic rings. The van der Waals surface area contributed by atoms with Gasteiger partial charge in [0.2, 0.25) is 11.6 Å². The molecule has 2 saturated carbocycles. The third-order valence-corrected chi connectivity index (χ3v) is 14.2. The van der Waals surface area contributed by atoms with Gasteiger partial charge in [-0.1, -0.05) is 30.6 Å². The third-order valence-electron chi connectivity index (χ3n) is 14.2. The van der Waals surface area contributed by atoms with Crippen molar-refractivity contribution in [3.63, 3.8) is 0 Å². The molecule has 0 heterocycles. The van der Waals surface area contributed by atoms with Crippen LogP contribution in [0.25, 0.3) is 11.5 Å². The highest BCUT2D eigenvalue weighted by Gasteiger charge is 2.64. The van der Waals surface area contributed by atoms with Crippen molar-refractivity contribution in [2.45, 2.75) is 88.4 Å². The molecule has 8 rings (SSSR count). The van der Waals surface area contributed by atoms with Crippen molar-refractivity contribution in [2.24, 2.45) is 29.4 Å². The summed E-state index contributed by atoms with van der Waals surface area (Å²) < 4.78 is 0. The Morgan fingerprint density at radius 3 is 1.68 bits per heavy atom. The first-order chi connectivity index (χ1) is 31.2. The van der Waals surface area contributed by atoms with E-state index in [1.54, 1.807) is 26.2 Å². The molecule has 0 aliphatic heterocycles. The van der Waals surface area contributed by atoms with E-state index in [1.165, 1.54) is 24.0 Å². The number of aliphatic hydroxyl groups excluding tert-OH is 4. The minimum Gasteiger partial charge on any atom is -0.508 e. The number of primary amides is 1. The Kier molecular flexibility index (Phi) is 11.4. The van der Waals surface area contributed by atoms with Gasteiger partial charge in [0.1, 0.15) is 45.7 Å². The first-order valence-electron chi connectivity index (χ1n) is 21.7. The topological polar surface area (TPSA) is 294 Å².